The molecule has 0 saturated heterocycles. The summed E-state index contributed by atoms with van der Waals surface area (Å²) in [7, 11) is 0. The van der Waals surface area contributed by atoms with E-state index in [0.29, 0.717) is 18.9 Å². The second-order valence-corrected chi connectivity index (χ2v) is 5.58. The molecule has 0 aliphatic carbocycles. The van der Waals surface area contributed by atoms with Gasteiger partial charge in [0.15, 0.2) is 0 Å². The van der Waals surface area contributed by atoms with Crippen LogP contribution in [-0.2, 0) is 0 Å². The van der Waals surface area contributed by atoms with E-state index in [9.17, 15) is 4.39 Å². The zero-order chi connectivity index (χ0) is 17.2. The Hall–Kier alpha value is -2.49. The summed E-state index contributed by atoms with van der Waals surface area (Å²) in [5, 5.41) is 0. The van der Waals surface area contributed by atoms with Crippen LogP contribution in [0, 0.1) is 0 Å². The van der Waals surface area contributed by atoms with E-state index in [1.165, 1.54) is 0 Å². The van der Waals surface area contributed by atoms with Crippen LogP contribution in [0.5, 0.6) is 5.88 Å². The van der Waals surface area contributed by atoms with E-state index in [1.54, 1.807) is 25.4 Å². The van der Waals surface area contributed by atoms with Gasteiger partial charge in [0.05, 0.1) is 24.3 Å². The molecule has 0 radical (unpaired) electrons. The molecule has 0 saturated carbocycles. The van der Waals surface area contributed by atoms with E-state index in [0.717, 1.165) is 29.7 Å². The Morgan fingerprint density at radius 2 is 2.00 bits per heavy atom. The van der Waals surface area contributed by atoms with Crippen LogP contribution >= 0.6 is 0 Å². The van der Waals surface area contributed by atoms with Gasteiger partial charge in [-0.15, -0.1) is 0 Å². The molecule has 24 heavy (non-hydrogen) atoms. The Bertz CT molecular complexity index is 648. The number of hydrogen-bond donors (Lipinski definition) is 0. The lowest BCUT2D eigenvalue weighted by Crippen LogP contribution is -1.96. The lowest BCUT2D eigenvalue weighted by atomic mass is 10.1. The number of ether oxygens (including phenoxy) is 1. The fourth-order valence-electron chi connectivity index (χ4n) is 2.19. The Morgan fingerprint density at radius 3 is 2.62 bits per heavy atom. The zero-order valence-corrected chi connectivity index (χ0v) is 14.0. The summed E-state index contributed by atoms with van der Waals surface area (Å²) in [5.74, 6) is 0.487. The number of rotatable bonds is 9. The third kappa shape index (κ3) is 5.95. The van der Waals surface area contributed by atoms with Crippen molar-refractivity contribution in [1.82, 2.24) is 9.97 Å². The largest absolute Gasteiger partial charge is 0.472 e. The normalized spacial score (nSPS) is 12.2. The van der Waals surface area contributed by atoms with E-state index in [1.807, 2.05) is 24.3 Å². The quantitative estimate of drug-likeness (QED) is 0.466. The van der Waals surface area contributed by atoms with Crippen molar-refractivity contribution >= 4 is 6.08 Å². The molecule has 0 spiro atoms. The predicted molar refractivity (Wildman–Crippen MR) is 96.6 cm³/mol. The Balaban J connectivity index is 1.91. The number of nitrogens with zero attached hydrogens (tertiary/aromatic N) is 2. The topological polar surface area (TPSA) is 35.0 Å². The van der Waals surface area contributed by atoms with E-state index in [-0.39, 0.29) is 0 Å². The van der Waals surface area contributed by atoms with Gasteiger partial charge in [-0.3, -0.25) is 0 Å². The molecule has 1 unspecified atom stereocenters. The van der Waals surface area contributed by atoms with E-state index in [2.05, 4.69) is 28.7 Å². The van der Waals surface area contributed by atoms with Crippen molar-refractivity contribution in [3.05, 3.63) is 61.0 Å². The van der Waals surface area contributed by atoms with Crippen LogP contribution in [0.3, 0.4) is 0 Å². The fraction of sp³-hybridized carbons (Fsp3) is 0.300. The molecular formula is C20H23FN2O. The molecule has 0 N–H and O–H groups in total. The van der Waals surface area contributed by atoms with Crippen LogP contribution in [0.25, 0.3) is 17.3 Å². The molecule has 0 fully saturated rings. The minimum absolute atomic E-state index is 0.416. The van der Waals surface area contributed by atoms with Crippen LogP contribution in [0.1, 0.15) is 31.7 Å². The molecule has 0 amide bonds. The predicted octanol–water partition coefficient (Wildman–Crippen LogP) is 5.25. The van der Waals surface area contributed by atoms with E-state index >= 15 is 0 Å². The SMILES string of the molecule is C=CCOc1cnc(-c2ccc(/C=C/CCCC(C)F)cc2)cn1. The van der Waals surface area contributed by atoms with Gasteiger partial charge in [0, 0.05) is 5.56 Å². The highest BCUT2D eigenvalue weighted by atomic mass is 19.1. The molecule has 4 heteroatoms. The van der Waals surface area contributed by atoms with Gasteiger partial charge < -0.3 is 4.74 Å². The number of hydrogen-bond acceptors (Lipinski definition) is 3. The zero-order valence-electron chi connectivity index (χ0n) is 14.0. The van der Waals surface area contributed by atoms with Crippen molar-refractivity contribution < 1.29 is 9.13 Å². The van der Waals surface area contributed by atoms with Crippen LogP contribution in [0.4, 0.5) is 4.39 Å². The number of halogens is 1. The molecule has 2 rings (SSSR count). The summed E-state index contributed by atoms with van der Waals surface area (Å²) in [6.07, 6.45) is 10.8. The van der Waals surface area contributed by atoms with Crippen molar-refractivity contribution in [3.63, 3.8) is 0 Å². The highest BCUT2D eigenvalue weighted by Crippen LogP contribution is 2.19. The maximum absolute atomic E-state index is 12.7. The smallest absolute Gasteiger partial charge is 0.232 e. The highest BCUT2D eigenvalue weighted by Gasteiger charge is 2.01. The maximum atomic E-state index is 12.7. The molecule has 1 aromatic carbocycles. The molecule has 2 aromatic rings. The minimum atomic E-state index is -0.715. The van der Waals surface area contributed by atoms with E-state index in [4.69, 9.17) is 4.74 Å². The Labute approximate surface area is 142 Å². The van der Waals surface area contributed by atoms with Gasteiger partial charge in [0.25, 0.3) is 0 Å². The Morgan fingerprint density at radius 1 is 1.21 bits per heavy atom. The van der Waals surface area contributed by atoms with Crippen molar-refractivity contribution in [2.24, 2.45) is 0 Å². The third-order valence-corrected chi connectivity index (χ3v) is 3.47. The molecule has 0 aliphatic heterocycles. The van der Waals surface area contributed by atoms with Crippen molar-refractivity contribution in [2.45, 2.75) is 32.4 Å². The summed E-state index contributed by atoms with van der Waals surface area (Å²) in [4.78, 5) is 8.58. The first-order valence-electron chi connectivity index (χ1n) is 8.16. The van der Waals surface area contributed by atoms with E-state index < -0.39 is 6.17 Å². The first-order chi connectivity index (χ1) is 11.7. The number of benzene rings is 1. The molecule has 0 bridgehead atoms. The standard InChI is InChI=1S/C20H23FN2O/c1-3-13-24-20-15-22-19(14-23-20)18-11-9-17(10-12-18)8-6-4-5-7-16(2)21/h3,6,8-12,14-16H,1,4-5,7,13H2,2H3/b8-6+. The molecule has 0 aliphatic rings. The fourth-order valence-corrected chi connectivity index (χ4v) is 2.19. The van der Waals surface area contributed by atoms with Crippen LogP contribution in [0.2, 0.25) is 0 Å². The van der Waals surface area contributed by atoms with Crippen LogP contribution in [-0.4, -0.2) is 22.7 Å². The van der Waals surface area contributed by atoms with Gasteiger partial charge in [-0.25, -0.2) is 14.4 Å². The first kappa shape index (κ1) is 17.9. The average Bonchev–Trinajstić information content (AvgIpc) is 2.60. The van der Waals surface area contributed by atoms with Gasteiger partial charge in [-0.2, -0.15) is 0 Å². The number of aromatic nitrogens is 2. The lowest BCUT2D eigenvalue weighted by molar-refractivity contribution is 0.335. The molecule has 3 nitrogen and oxygen atoms in total. The first-order valence-corrected chi connectivity index (χ1v) is 8.16. The van der Waals surface area contributed by atoms with Crippen LogP contribution < -0.4 is 4.74 Å². The van der Waals surface area contributed by atoms with Crippen molar-refractivity contribution in [3.8, 4) is 17.1 Å². The van der Waals surface area contributed by atoms with Gasteiger partial charge in [0.1, 0.15) is 6.61 Å². The molecular weight excluding hydrogens is 303 g/mol. The summed E-state index contributed by atoms with van der Waals surface area (Å²) >= 11 is 0. The van der Waals surface area contributed by atoms with Crippen LogP contribution in [0.15, 0.2) is 55.4 Å². The number of unbranched alkanes of at least 4 members (excludes halogenated alkanes) is 1. The second kappa shape index (κ2) is 9.60. The lowest BCUT2D eigenvalue weighted by Gasteiger charge is -2.04. The third-order valence-electron chi connectivity index (χ3n) is 3.47. The van der Waals surface area contributed by atoms with Gasteiger partial charge in [-0.1, -0.05) is 49.1 Å². The molecule has 1 atom stereocenters. The summed E-state index contributed by atoms with van der Waals surface area (Å²) in [6, 6.07) is 8.09. The van der Waals surface area contributed by atoms with Crippen molar-refractivity contribution in [2.75, 3.05) is 6.61 Å². The number of alkyl halides is 1. The van der Waals surface area contributed by atoms with Crippen molar-refractivity contribution in [1.29, 1.82) is 0 Å². The average molecular weight is 326 g/mol. The molecule has 1 aromatic heterocycles. The second-order valence-electron chi connectivity index (χ2n) is 5.58. The monoisotopic (exact) mass is 326 g/mol. The van der Waals surface area contributed by atoms with Gasteiger partial charge in [-0.05, 0) is 31.7 Å². The molecule has 126 valence electrons. The van der Waals surface area contributed by atoms with Gasteiger partial charge in [0.2, 0.25) is 5.88 Å². The number of allylic oxidation sites excluding steroid dienone is 1. The summed E-state index contributed by atoms with van der Waals surface area (Å²) in [6.45, 7) is 5.61. The summed E-state index contributed by atoms with van der Waals surface area (Å²) < 4.78 is 18.0. The minimum Gasteiger partial charge on any atom is -0.472 e. The van der Waals surface area contributed by atoms with Gasteiger partial charge >= 0.3 is 0 Å². The molecule has 1 heterocycles. The Kier molecular flexibility index (Phi) is 7.15. The maximum Gasteiger partial charge on any atom is 0.232 e. The summed E-state index contributed by atoms with van der Waals surface area (Å²) in [5.41, 5.74) is 2.92. The highest BCUT2D eigenvalue weighted by molar-refractivity contribution is 5.61.